The van der Waals surface area contributed by atoms with Gasteiger partial charge in [0.25, 0.3) is 0 Å². The lowest BCUT2D eigenvalue weighted by Crippen LogP contribution is -2.40. The van der Waals surface area contributed by atoms with Crippen LogP contribution in [0.1, 0.15) is 44.6 Å². The van der Waals surface area contributed by atoms with Gasteiger partial charge in [0.05, 0.1) is 6.61 Å². The number of guanidine groups is 1. The minimum absolute atomic E-state index is 0. The number of carbonyl (C=O) groups excluding carboxylic acids is 1. The molecule has 1 aromatic rings. The predicted molar refractivity (Wildman–Crippen MR) is 113 cm³/mol. The summed E-state index contributed by atoms with van der Waals surface area (Å²) in [4.78, 5) is 18.4. The van der Waals surface area contributed by atoms with Crippen LogP contribution >= 0.6 is 24.0 Å². The minimum atomic E-state index is -0.136. The van der Waals surface area contributed by atoms with Crippen LogP contribution in [-0.4, -0.2) is 49.6 Å². The van der Waals surface area contributed by atoms with Crippen molar-refractivity contribution in [2.45, 2.75) is 39.0 Å². The Hall–Kier alpha value is -1.31. The summed E-state index contributed by atoms with van der Waals surface area (Å²) >= 11 is 0. The lowest BCUT2D eigenvalue weighted by atomic mass is 9.99. The van der Waals surface area contributed by atoms with Crippen molar-refractivity contribution in [3.8, 4) is 0 Å². The summed E-state index contributed by atoms with van der Waals surface area (Å²) in [5.74, 6) is 1.39. The fourth-order valence-corrected chi connectivity index (χ4v) is 3.02. The summed E-state index contributed by atoms with van der Waals surface area (Å²) in [6, 6.07) is 10.7. The number of carbonyl (C=O) groups is 1. The van der Waals surface area contributed by atoms with E-state index in [0.29, 0.717) is 25.5 Å². The smallest absolute Gasteiger partial charge is 0.305 e. The molecule has 1 fully saturated rings. The molecule has 1 N–H and O–H groups in total. The molecular weight excluding hydrogens is 429 g/mol. The standard InChI is InChI=1S/C19H29N3O2.HI/c1-3-20-19(21-13-8-11-18(23)24-4-2)22-14-12-17(15-22)16-9-6-5-7-10-16;/h5-7,9-10,17H,3-4,8,11-15H2,1-2H3,(H,20,21);1H. The van der Waals surface area contributed by atoms with Crippen LogP contribution in [0.15, 0.2) is 35.3 Å². The molecule has 1 unspecified atom stereocenters. The molecule has 140 valence electrons. The Bertz CT molecular complexity index is 537. The van der Waals surface area contributed by atoms with E-state index in [4.69, 9.17) is 4.74 Å². The van der Waals surface area contributed by atoms with Crippen LogP contribution in [0, 0.1) is 0 Å². The Kier molecular flexibility index (Phi) is 10.5. The lowest BCUT2D eigenvalue weighted by Gasteiger charge is -2.21. The van der Waals surface area contributed by atoms with Crippen molar-refractivity contribution in [1.29, 1.82) is 0 Å². The van der Waals surface area contributed by atoms with Crippen molar-refractivity contribution in [3.05, 3.63) is 35.9 Å². The Morgan fingerprint density at radius 3 is 2.76 bits per heavy atom. The zero-order valence-electron chi connectivity index (χ0n) is 15.2. The van der Waals surface area contributed by atoms with Crippen LogP contribution in [0.4, 0.5) is 0 Å². The van der Waals surface area contributed by atoms with Crippen LogP contribution < -0.4 is 5.32 Å². The Labute approximate surface area is 168 Å². The maximum Gasteiger partial charge on any atom is 0.305 e. The van der Waals surface area contributed by atoms with Crippen molar-refractivity contribution in [1.82, 2.24) is 10.2 Å². The highest BCUT2D eigenvalue weighted by Crippen LogP contribution is 2.26. The van der Waals surface area contributed by atoms with Gasteiger partial charge in [0, 0.05) is 38.5 Å². The molecule has 6 heteroatoms. The summed E-state index contributed by atoms with van der Waals surface area (Å²) < 4.78 is 4.95. The summed E-state index contributed by atoms with van der Waals surface area (Å²) in [5, 5.41) is 3.37. The lowest BCUT2D eigenvalue weighted by molar-refractivity contribution is -0.143. The first-order valence-corrected chi connectivity index (χ1v) is 8.98. The zero-order chi connectivity index (χ0) is 17.2. The number of benzene rings is 1. The molecule has 1 saturated heterocycles. The molecule has 1 aliphatic rings. The number of hydrogen-bond donors (Lipinski definition) is 1. The topological polar surface area (TPSA) is 53.9 Å². The van der Waals surface area contributed by atoms with Gasteiger partial charge in [-0.05, 0) is 32.3 Å². The fourth-order valence-electron chi connectivity index (χ4n) is 3.02. The first kappa shape index (κ1) is 21.7. The van der Waals surface area contributed by atoms with Crippen molar-refractivity contribution >= 4 is 35.9 Å². The van der Waals surface area contributed by atoms with Gasteiger partial charge in [0.15, 0.2) is 5.96 Å². The summed E-state index contributed by atoms with van der Waals surface area (Å²) in [6.07, 6.45) is 2.31. The van der Waals surface area contributed by atoms with Gasteiger partial charge in [-0.2, -0.15) is 0 Å². The second-order valence-corrected chi connectivity index (χ2v) is 5.99. The third-order valence-electron chi connectivity index (χ3n) is 4.20. The highest BCUT2D eigenvalue weighted by Gasteiger charge is 2.25. The largest absolute Gasteiger partial charge is 0.466 e. The second-order valence-electron chi connectivity index (χ2n) is 5.99. The van der Waals surface area contributed by atoms with Gasteiger partial charge in [0.1, 0.15) is 0 Å². The maximum absolute atomic E-state index is 11.4. The average Bonchev–Trinajstić information content (AvgIpc) is 3.08. The van der Waals surface area contributed by atoms with Crippen LogP contribution in [0.5, 0.6) is 0 Å². The number of nitrogens with one attached hydrogen (secondary N) is 1. The molecule has 1 aromatic carbocycles. The van der Waals surface area contributed by atoms with Crippen molar-refractivity contribution in [3.63, 3.8) is 0 Å². The number of hydrogen-bond acceptors (Lipinski definition) is 3. The molecule has 5 nitrogen and oxygen atoms in total. The normalized spacial score (nSPS) is 17.1. The first-order valence-electron chi connectivity index (χ1n) is 8.98. The second kappa shape index (κ2) is 12.1. The van der Waals surface area contributed by atoms with Crippen molar-refractivity contribution in [2.24, 2.45) is 4.99 Å². The zero-order valence-corrected chi connectivity index (χ0v) is 17.6. The molecule has 1 aliphatic heterocycles. The number of likely N-dealkylation sites (tertiary alicyclic amines) is 1. The molecule has 0 aliphatic carbocycles. The Morgan fingerprint density at radius 2 is 2.08 bits per heavy atom. The number of halogens is 1. The third kappa shape index (κ3) is 7.22. The van der Waals surface area contributed by atoms with E-state index in [1.807, 2.05) is 6.92 Å². The van der Waals surface area contributed by atoms with E-state index in [9.17, 15) is 4.79 Å². The van der Waals surface area contributed by atoms with E-state index in [-0.39, 0.29) is 29.9 Å². The molecule has 0 amide bonds. The monoisotopic (exact) mass is 459 g/mol. The van der Waals surface area contributed by atoms with Gasteiger partial charge in [-0.1, -0.05) is 30.3 Å². The molecule has 1 heterocycles. The summed E-state index contributed by atoms with van der Waals surface area (Å²) in [5.41, 5.74) is 1.40. The van der Waals surface area contributed by atoms with Gasteiger partial charge in [0.2, 0.25) is 0 Å². The number of rotatable bonds is 7. The molecule has 25 heavy (non-hydrogen) atoms. The molecule has 0 spiro atoms. The van der Waals surface area contributed by atoms with Crippen LogP contribution in [-0.2, 0) is 9.53 Å². The van der Waals surface area contributed by atoms with Gasteiger partial charge in [-0.15, -0.1) is 24.0 Å². The number of nitrogens with zero attached hydrogens (tertiary/aromatic N) is 2. The minimum Gasteiger partial charge on any atom is -0.466 e. The Balaban J connectivity index is 0.00000312. The summed E-state index contributed by atoms with van der Waals surface area (Å²) in [7, 11) is 0. The number of aliphatic imine (C=N–C) groups is 1. The van der Waals surface area contributed by atoms with Crippen LogP contribution in [0.3, 0.4) is 0 Å². The van der Waals surface area contributed by atoms with E-state index >= 15 is 0 Å². The third-order valence-corrected chi connectivity index (χ3v) is 4.20. The highest BCUT2D eigenvalue weighted by atomic mass is 127. The van der Waals surface area contributed by atoms with E-state index in [0.717, 1.165) is 38.4 Å². The Morgan fingerprint density at radius 1 is 1.32 bits per heavy atom. The van der Waals surface area contributed by atoms with Gasteiger partial charge in [-0.3, -0.25) is 9.79 Å². The fraction of sp³-hybridized carbons (Fsp3) is 0.579. The van der Waals surface area contributed by atoms with Crippen LogP contribution in [0.25, 0.3) is 0 Å². The first-order chi connectivity index (χ1) is 11.7. The van der Waals surface area contributed by atoms with Crippen molar-refractivity contribution in [2.75, 3.05) is 32.8 Å². The molecular formula is C19H30IN3O2. The number of ether oxygens (including phenoxy) is 1. The van der Waals surface area contributed by atoms with Crippen molar-refractivity contribution < 1.29 is 9.53 Å². The quantitative estimate of drug-likeness (QED) is 0.223. The van der Waals surface area contributed by atoms with E-state index < -0.39 is 0 Å². The van der Waals surface area contributed by atoms with Gasteiger partial charge in [-0.25, -0.2) is 0 Å². The number of esters is 1. The highest BCUT2D eigenvalue weighted by molar-refractivity contribution is 14.0. The van der Waals surface area contributed by atoms with Gasteiger partial charge >= 0.3 is 5.97 Å². The van der Waals surface area contributed by atoms with Crippen LogP contribution in [0.2, 0.25) is 0 Å². The summed E-state index contributed by atoms with van der Waals surface area (Å²) in [6.45, 7) is 7.86. The van der Waals surface area contributed by atoms with E-state index in [2.05, 4.69) is 52.5 Å². The SMILES string of the molecule is CCNC(=NCCCC(=O)OCC)N1CCC(c2ccccc2)C1.I. The average molecular weight is 459 g/mol. The molecule has 2 rings (SSSR count). The van der Waals surface area contributed by atoms with Gasteiger partial charge < -0.3 is 15.0 Å². The predicted octanol–water partition coefficient (Wildman–Crippen LogP) is 3.40. The molecule has 0 aromatic heterocycles. The molecule has 0 bridgehead atoms. The maximum atomic E-state index is 11.4. The molecule has 1 atom stereocenters. The molecule has 0 saturated carbocycles. The van der Waals surface area contributed by atoms with E-state index in [1.54, 1.807) is 0 Å². The van der Waals surface area contributed by atoms with E-state index in [1.165, 1.54) is 5.56 Å². The molecule has 0 radical (unpaired) electrons.